The fourth-order valence-corrected chi connectivity index (χ4v) is 5.14. The molecule has 0 saturated carbocycles. The minimum atomic E-state index is 0.293. The third kappa shape index (κ3) is 7.39. The van der Waals surface area contributed by atoms with E-state index in [1.54, 1.807) is 0 Å². The Hall–Kier alpha value is -5.68. The maximum Gasteiger partial charge on any atom is 0.0414 e. The Balaban J connectivity index is 1.07. The van der Waals surface area contributed by atoms with Gasteiger partial charge in [0.05, 0.1) is 0 Å². The second-order valence-electron chi connectivity index (χ2n) is 10.9. The number of anilines is 10. The molecular weight excluding hydrogens is 538 g/mol. The summed E-state index contributed by atoms with van der Waals surface area (Å²) >= 11 is 0. The Morgan fingerprint density at radius 3 is 0.795 bits per heavy atom. The van der Waals surface area contributed by atoms with E-state index in [1.165, 1.54) is 0 Å². The molecule has 0 heterocycles. The van der Waals surface area contributed by atoms with Gasteiger partial charge < -0.3 is 26.2 Å². The standard InChI is InChI=1S/C39H37N5/c1-29(2)44(38-25-21-36(22-26-38)42-34-17-13-32(14-18-34)40-30-9-5-3-6-10-30)39-27-23-37(24-28-39)43-35-19-15-33(16-20-35)41-31-11-7-4-8-12-31/h3-29,40-43H,1-2H3. The first-order chi connectivity index (χ1) is 21.6. The molecule has 6 rings (SSSR count). The van der Waals surface area contributed by atoms with Crippen molar-refractivity contribution in [3.63, 3.8) is 0 Å². The fourth-order valence-electron chi connectivity index (χ4n) is 5.14. The molecule has 0 aromatic heterocycles. The number of nitrogens with one attached hydrogen (secondary N) is 4. The van der Waals surface area contributed by atoms with Gasteiger partial charge in [-0.25, -0.2) is 0 Å². The van der Waals surface area contributed by atoms with Crippen LogP contribution in [0.4, 0.5) is 56.9 Å². The van der Waals surface area contributed by atoms with Gasteiger partial charge in [-0.15, -0.1) is 0 Å². The third-order valence-electron chi connectivity index (χ3n) is 7.28. The topological polar surface area (TPSA) is 51.4 Å². The van der Waals surface area contributed by atoms with Crippen LogP contribution in [0.2, 0.25) is 0 Å². The maximum absolute atomic E-state index is 3.52. The summed E-state index contributed by atoms with van der Waals surface area (Å²) in [6, 6.07) is 54.6. The summed E-state index contributed by atoms with van der Waals surface area (Å²) in [5.74, 6) is 0. The van der Waals surface area contributed by atoms with E-state index in [2.05, 4.69) is 161 Å². The summed E-state index contributed by atoms with van der Waals surface area (Å²) in [6.07, 6.45) is 0. The first-order valence-corrected chi connectivity index (χ1v) is 15.0. The Morgan fingerprint density at radius 2 is 0.545 bits per heavy atom. The second kappa shape index (κ2) is 13.5. The monoisotopic (exact) mass is 575 g/mol. The second-order valence-corrected chi connectivity index (χ2v) is 10.9. The Bertz CT molecular complexity index is 1600. The van der Waals surface area contributed by atoms with Gasteiger partial charge in [0.1, 0.15) is 0 Å². The lowest BCUT2D eigenvalue weighted by Gasteiger charge is -2.29. The number of para-hydroxylation sites is 2. The van der Waals surface area contributed by atoms with Gasteiger partial charge in [-0.2, -0.15) is 0 Å². The highest BCUT2D eigenvalue weighted by molar-refractivity contribution is 5.72. The van der Waals surface area contributed by atoms with Gasteiger partial charge in [-0.3, -0.25) is 0 Å². The van der Waals surface area contributed by atoms with Crippen LogP contribution < -0.4 is 26.2 Å². The SMILES string of the molecule is CC(C)N(c1ccc(Nc2ccc(Nc3ccccc3)cc2)cc1)c1ccc(Nc2ccc(Nc3ccccc3)cc2)cc1. The Morgan fingerprint density at radius 1 is 0.318 bits per heavy atom. The van der Waals surface area contributed by atoms with Crippen molar-refractivity contribution in [1.29, 1.82) is 0 Å². The molecule has 0 amide bonds. The molecule has 0 atom stereocenters. The van der Waals surface area contributed by atoms with E-state index < -0.39 is 0 Å². The lowest BCUT2D eigenvalue weighted by atomic mass is 10.1. The van der Waals surface area contributed by atoms with Gasteiger partial charge in [0.15, 0.2) is 0 Å². The highest BCUT2D eigenvalue weighted by atomic mass is 15.2. The normalized spacial score (nSPS) is 10.7. The zero-order valence-electron chi connectivity index (χ0n) is 25.0. The summed E-state index contributed by atoms with van der Waals surface area (Å²) < 4.78 is 0. The number of benzene rings is 6. The highest BCUT2D eigenvalue weighted by Gasteiger charge is 2.13. The van der Waals surface area contributed by atoms with Crippen molar-refractivity contribution < 1.29 is 0 Å². The molecular formula is C39H37N5. The lowest BCUT2D eigenvalue weighted by Crippen LogP contribution is -2.25. The number of rotatable bonds is 11. The Kier molecular flexibility index (Phi) is 8.75. The smallest absolute Gasteiger partial charge is 0.0414 e. The van der Waals surface area contributed by atoms with Gasteiger partial charge >= 0.3 is 0 Å². The van der Waals surface area contributed by atoms with Gasteiger partial charge in [-0.05, 0) is 135 Å². The van der Waals surface area contributed by atoms with Crippen molar-refractivity contribution in [2.45, 2.75) is 19.9 Å². The average Bonchev–Trinajstić information content (AvgIpc) is 3.05. The summed E-state index contributed by atoms with van der Waals surface area (Å²) in [6.45, 7) is 4.43. The summed E-state index contributed by atoms with van der Waals surface area (Å²) in [7, 11) is 0. The molecule has 0 spiro atoms. The Labute approximate surface area is 260 Å². The van der Waals surface area contributed by atoms with E-state index in [0.29, 0.717) is 6.04 Å². The quantitative estimate of drug-likeness (QED) is 0.124. The molecule has 5 nitrogen and oxygen atoms in total. The van der Waals surface area contributed by atoms with Crippen LogP contribution in [0.15, 0.2) is 158 Å². The van der Waals surface area contributed by atoms with Crippen LogP contribution in [0.5, 0.6) is 0 Å². The zero-order valence-corrected chi connectivity index (χ0v) is 25.0. The summed E-state index contributed by atoms with van der Waals surface area (Å²) in [5.41, 5.74) is 10.7. The van der Waals surface area contributed by atoms with Crippen molar-refractivity contribution >= 4 is 56.9 Å². The molecule has 0 aliphatic heterocycles. The van der Waals surface area contributed by atoms with Crippen LogP contribution in [0.3, 0.4) is 0 Å². The van der Waals surface area contributed by atoms with Gasteiger partial charge in [0, 0.05) is 62.9 Å². The van der Waals surface area contributed by atoms with Crippen molar-refractivity contribution in [3.05, 3.63) is 158 Å². The predicted molar refractivity (Wildman–Crippen MR) is 189 cm³/mol. The van der Waals surface area contributed by atoms with Crippen molar-refractivity contribution in [2.24, 2.45) is 0 Å². The molecule has 0 fully saturated rings. The predicted octanol–water partition coefficient (Wildman–Crippen LogP) is 11.2. The zero-order chi connectivity index (χ0) is 30.1. The summed E-state index contributed by atoms with van der Waals surface area (Å²) in [5, 5.41) is 13.9. The molecule has 5 heteroatoms. The molecule has 4 N–H and O–H groups in total. The highest BCUT2D eigenvalue weighted by Crippen LogP contribution is 2.32. The third-order valence-corrected chi connectivity index (χ3v) is 7.28. The van der Waals surface area contributed by atoms with E-state index in [0.717, 1.165) is 56.9 Å². The van der Waals surface area contributed by atoms with Crippen molar-refractivity contribution in [1.82, 2.24) is 0 Å². The van der Waals surface area contributed by atoms with Gasteiger partial charge in [0.2, 0.25) is 0 Å². The van der Waals surface area contributed by atoms with Crippen LogP contribution in [-0.2, 0) is 0 Å². The molecule has 0 saturated heterocycles. The molecule has 0 bridgehead atoms. The molecule has 44 heavy (non-hydrogen) atoms. The van der Waals surface area contributed by atoms with Crippen molar-refractivity contribution in [3.8, 4) is 0 Å². The summed E-state index contributed by atoms with van der Waals surface area (Å²) in [4.78, 5) is 2.35. The van der Waals surface area contributed by atoms with Crippen LogP contribution >= 0.6 is 0 Å². The average molecular weight is 576 g/mol. The molecule has 0 unspecified atom stereocenters. The van der Waals surface area contributed by atoms with Crippen LogP contribution in [0.1, 0.15) is 13.8 Å². The first kappa shape index (κ1) is 28.4. The van der Waals surface area contributed by atoms with Gasteiger partial charge in [0.25, 0.3) is 0 Å². The first-order valence-electron chi connectivity index (χ1n) is 15.0. The van der Waals surface area contributed by atoms with E-state index in [1.807, 2.05) is 36.4 Å². The van der Waals surface area contributed by atoms with E-state index in [-0.39, 0.29) is 0 Å². The van der Waals surface area contributed by atoms with E-state index in [9.17, 15) is 0 Å². The van der Waals surface area contributed by atoms with Crippen LogP contribution in [-0.4, -0.2) is 6.04 Å². The number of nitrogens with zero attached hydrogens (tertiary/aromatic N) is 1. The molecule has 6 aromatic rings. The van der Waals surface area contributed by atoms with Gasteiger partial charge in [-0.1, -0.05) is 36.4 Å². The van der Waals surface area contributed by atoms with Crippen molar-refractivity contribution in [2.75, 3.05) is 26.2 Å². The van der Waals surface area contributed by atoms with E-state index in [4.69, 9.17) is 0 Å². The molecule has 0 radical (unpaired) electrons. The number of hydrogen-bond donors (Lipinski definition) is 4. The minimum Gasteiger partial charge on any atom is -0.356 e. The fraction of sp³-hybridized carbons (Fsp3) is 0.0769. The van der Waals surface area contributed by atoms with Crippen LogP contribution in [0, 0.1) is 0 Å². The largest absolute Gasteiger partial charge is 0.356 e. The lowest BCUT2D eigenvalue weighted by molar-refractivity contribution is 0.789. The molecule has 6 aromatic carbocycles. The minimum absolute atomic E-state index is 0.293. The molecule has 0 aliphatic rings. The molecule has 0 aliphatic carbocycles. The van der Waals surface area contributed by atoms with E-state index >= 15 is 0 Å². The number of hydrogen-bond acceptors (Lipinski definition) is 5. The maximum atomic E-state index is 3.52. The van der Waals surface area contributed by atoms with Crippen LogP contribution in [0.25, 0.3) is 0 Å². The molecule has 218 valence electrons.